The molecule has 1 aliphatic carbocycles. The highest BCUT2D eigenvalue weighted by Crippen LogP contribution is 2.49. The van der Waals surface area contributed by atoms with Crippen molar-refractivity contribution in [3.8, 4) is 22.8 Å². The van der Waals surface area contributed by atoms with Crippen LogP contribution in [0.4, 0.5) is 0 Å². The summed E-state index contributed by atoms with van der Waals surface area (Å²) in [5.41, 5.74) is 5.19. The number of hydrogen-bond acceptors (Lipinski definition) is 1. The van der Waals surface area contributed by atoms with Gasteiger partial charge in [0.15, 0.2) is 6.20 Å². The normalized spacial score (nSPS) is 15.3. The molecule has 1 aromatic heterocycles. The third-order valence-corrected chi connectivity index (χ3v) is 7.99. The smallest absolute Gasteiger partial charge is 0.228 e. The van der Waals surface area contributed by atoms with Crippen LogP contribution in [0.2, 0.25) is 0 Å². The standard InChI is InChI=1S/C31H28NO/c1-19-24-12-11-22-9-5-6-10-25(22)26(24)18-28-29(19)31-30-23(13-14-32(31)2)16-21(17-27(30)33-28)15-20-7-3-4-8-20/h5-6,9-14,16-18,20H,3-4,7-8,15H2,1-2H3/q+1. The van der Waals surface area contributed by atoms with E-state index in [4.69, 9.17) is 4.74 Å². The molecule has 1 saturated carbocycles. The highest BCUT2D eigenvalue weighted by molar-refractivity contribution is 6.13. The molecule has 2 nitrogen and oxygen atoms in total. The van der Waals surface area contributed by atoms with Gasteiger partial charge >= 0.3 is 0 Å². The monoisotopic (exact) mass is 430 g/mol. The van der Waals surface area contributed by atoms with Crippen molar-refractivity contribution in [2.75, 3.05) is 0 Å². The maximum absolute atomic E-state index is 6.73. The quantitative estimate of drug-likeness (QED) is 0.202. The first-order valence-corrected chi connectivity index (χ1v) is 12.3. The van der Waals surface area contributed by atoms with Crippen molar-refractivity contribution in [2.45, 2.75) is 39.0 Å². The second-order valence-corrected chi connectivity index (χ2v) is 10.0. The fourth-order valence-corrected chi connectivity index (χ4v) is 6.37. The second-order valence-electron chi connectivity index (χ2n) is 10.0. The lowest BCUT2D eigenvalue weighted by molar-refractivity contribution is -0.659. The Morgan fingerprint density at radius 3 is 2.58 bits per heavy atom. The van der Waals surface area contributed by atoms with E-state index >= 15 is 0 Å². The van der Waals surface area contributed by atoms with Gasteiger partial charge in [0.2, 0.25) is 5.69 Å². The van der Waals surface area contributed by atoms with Crippen molar-refractivity contribution in [3.05, 3.63) is 78.0 Å². The number of aromatic nitrogens is 1. The summed E-state index contributed by atoms with van der Waals surface area (Å²) < 4.78 is 9.00. The van der Waals surface area contributed by atoms with Gasteiger partial charge in [-0.1, -0.05) is 68.1 Å². The number of hydrogen-bond donors (Lipinski definition) is 0. The van der Waals surface area contributed by atoms with E-state index in [0.717, 1.165) is 23.8 Å². The summed E-state index contributed by atoms with van der Waals surface area (Å²) in [5, 5.41) is 7.65. The third-order valence-electron chi connectivity index (χ3n) is 7.99. The Kier molecular flexibility index (Phi) is 4.08. The number of rotatable bonds is 2. The lowest BCUT2D eigenvalue weighted by Gasteiger charge is -2.23. The molecule has 0 amide bonds. The van der Waals surface area contributed by atoms with Crippen LogP contribution in [-0.2, 0) is 13.5 Å². The number of fused-ring (bicyclic) bond motifs is 5. The van der Waals surface area contributed by atoms with Gasteiger partial charge in [0.1, 0.15) is 18.5 Å². The Morgan fingerprint density at radius 1 is 0.848 bits per heavy atom. The van der Waals surface area contributed by atoms with E-state index in [1.54, 1.807) is 0 Å². The van der Waals surface area contributed by atoms with Gasteiger partial charge in [-0.05, 0) is 69.5 Å². The molecule has 0 saturated heterocycles. The molecule has 162 valence electrons. The Bertz CT molecular complexity index is 1590. The van der Waals surface area contributed by atoms with E-state index in [-0.39, 0.29) is 0 Å². The molecule has 0 spiro atoms. The Balaban J connectivity index is 1.50. The van der Waals surface area contributed by atoms with Crippen molar-refractivity contribution in [1.82, 2.24) is 0 Å². The topological polar surface area (TPSA) is 13.1 Å². The number of benzene rings is 4. The zero-order valence-electron chi connectivity index (χ0n) is 19.3. The predicted octanol–water partition coefficient (Wildman–Crippen LogP) is 7.78. The molecule has 0 bridgehead atoms. The molecule has 1 aliphatic heterocycles. The van der Waals surface area contributed by atoms with Crippen LogP contribution in [0.15, 0.2) is 66.9 Å². The molecule has 1 fully saturated rings. The number of nitrogens with zero attached hydrogens (tertiary/aromatic N) is 1. The molecular weight excluding hydrogens is 402 g/mol. The van der Waals surface area contributed by atoms with Gasteiger partial charge < -0.3 is 4.74 Å². The van der Waals surface area contributed by atoms with Crippen molar-refractivity contribution in [3.63, 3.8) is 0 Å². The minimum atomic E-state index is 0.822. The van der Waals surface area contributed by atoms with Crippen LogP contribution in [0.1, 0.15) is 36.8 Å². The fourth-order valence-electron chi connectivity index (χ4n) is 6.37. The first kappa shape index (κ1) is 19.1. The van der Waals surface area contributed by atoms with Crippen molar-refractivity contribution < 1.29 is 9.30 Å². The average molecular weight is 431 g/mol. The van der Waals surface area contributed by atoms with Crippen LogP contribution >= 0.6 is 0 Å². The first-order valence-electron chi connectivity index (χ1n) is 12.3. The molecule has 0 radical (unpaired) electrons. The van der Waals surface area contributed by atoms with E-state index in [1.807, 2.05) is 0 Å². The SMILES string of the molecule is Cc1c2c(cc3c1ccc1ccccc13)Oc1cc(CC3CCCC3)cc3cc[n+](C)c-2c13. The zero-order valence-corrected chi connectivity index (χ0v) is 19.3. The van der Waals surface area contributed by atoms with Crippen molar-refractivity contribution >= 4 is 32.3 Å². The summed E-state index contributed by atoms with van der Waals surface area (Å²) in [5.74, 6) is 2.81. The summed E-state index contributed by atoms with van der Waals surface area (Å²) >= 11 is 0. The van der Waals surface area contributed by atoms with E-state index in [1.165, 1.54) is 80.4 Å². The minimum absolute atomic E-state index is 0.822. The maximum Gasteiger partial charge on any atom is 0.228 e. The Hall–Kier alpha value is -3.39. The fraction of sp³-hybridized carbons (Fsp3) is 0.258. The van der Waals surface area contributed by atoms with Crippen molar-refractivity contribution in [2.24, 2.45) is 13.0 Å². The molecular formula is C31H28NO+. The molecule has 0 unspecified atom stereocenters. The summed E-state index contributed by atoms with van der Waals surface area (Å²) in [4.78, 5) is 0. The van der Waals surface area contributed by atoms with E-state index < -0.39 is 0 Å². The molecule has 2 aliphatic rings. The predicted molar refractivity (Wildman–Crippen MR) is 136 cm³/mol. The average Bonchev–Trinajstić information content (AvgIpc) is 3.33. The van der Waals surface area contributed by atoms with Crippen LogP contribution < -0.4 is 9.30 Å². The molecule has 0 N–H and O–H groups in total. The molecule has 4 aromatic carbocycles. The summed E-state index contributed by atoms with van der Waals surface area (Å²) in [6, 6.07) is 22.4. The molecule has 2 heteroatoms. The highest BCUT2D eigenvalue weighted by Gasteiger charge is 2.31. The molecule has 0 atom stereocenters. The lowest BCUT2D eigenvalue weighted by Crippen LogP contribution is -2.31. The van der Waals surface area contributed by atoms with Crippen LogP contribution in [0, 0.1) is 12.8 Å². The summed E-state index contributed by atoms with van der Waals surface area (Å²) in [7, 11) is 2.16. The van der Waals surface area contributed by atoms with Gasteiger partial charge in [-0.15, -0.1) is 0 Å². The molecule has 2 heterocycles. The van der Waals surface area contributed by atoms with Crippen LogP contribution in [0.25, 0.3) is 43.6 Å². The zero-order chi connectivity index (χ0) is 22.1. The lowest BCUT2D eigenvalue weighted by atomic mass is 9.89. The van der Waals surface area contributed by atoms with Crippen LogP contribution in [-0.4, -0.2) is 0 Å². The number of aryl methyl sites for hydroxylation is 2. The minimum Gasteiger partial charge on any atom is -0.456 e. The van der Waals surface area contributed by atoms with E-state index in [0.29, 0.717) is 0 Å². The largest absolute Gasteiger partial charge is 0.456 e. The Morgan fingerprint density at radius 2 is 1.70 bits per heavy atom. The highest BCUT2D eigenvalue weighted by atomic mass is 16.5. The van der Waals surface area contributed by atoms with E-state index in [2.05, 4.69) is 85.4 Å². The second kappa shape index (κ2) is 7.05. The van der Waals surface area contributed by atoms with Gasteiger partial charge in [-0.25, -0.2) is 4.57 Å². The third kappa shape index (κ3) is 2.83. The number of pyridine rings is 1. The maximum atomic E-state index is 6.73. The van der Waals surface area contributed by atoms with Gasteiger partial charge in [-0.3, -0.25) is 0 Å². The van der Waals surface area contributed by atoms with Gasteiger partial charge in [0.05, 0.1) is 10.9 Å². The number of ether oxygens (including phenoxy) is 1. The van der Waals surface area contributed by atoms with Gasteiger partial charge in [-0.2, -0.15) is 0 Å². The van der Waals surface area contributed by atoms with Crippen LogP contribution in [0.3, 0.4) is 0 Å². The van der Waals surface area contributed by atoms with Gasteiger partial charge in [0.25, 0.3) is 0 Å². The first-order chi connectivity index (χ1) is 16.2. The summed E-state index contributed by atoms with van der Waals surface area (Å²) in [6.07, 6.45) is 8.87. The summed E-state index contributed by atoms with van der Waals surface area (Å²) in [6.45, 7) is 2.25. The van der Waals surface area contributed by atoms with Gasteiger partial charge in [0, 0.05) is 6.07 Å². The molecule has 5 aromatic rings. The molecule has 7 rings (SSSR count). The molecule has 33 heavy (non-hydrogen) atoms. The van der Waals surface area contributed by atoms with E-state index in [9.17, 15) is 0 Å². The van der Waals surface area contributed by atoms with Crippen molar-refractivity contribution in [1.29, 1.82) is 0 Å². The van der Waals surface area contributed by atoms with Crippen LogP contribution in [0.5, 0.6) is 11.5 Å². The Labute approximate surface area is 194 Å².